The summed E-state index contributed by atoms with van der Waals surface area (Å²) in [5.74, 6) is 0.0378. The number of rotatable bonds is 3. The number of halogens is 4. The predicted molar refractivity (Wildman–Crippen MR) is 75.2 cm³/mol. The summed E-state index contributed by atoms with van der Waals surface area (Å²) in [5.41, 5.74) is 0.0412. The van der Waals surface area contributed by atoms with Crippen LogP contribution in [-0.4, -0.2) is 29.8 Å². The Morgan fingerprint density at radius 2 is 2.14 bits per heavy atom. The lowest BCUT2D eigenvalue weighted by molar-refractivity contribution is -0.137. The van der Waals surface area contributed by atoms with Gasteiger partial charge in [-0.25, -0.2) is 0 Å². The molecule has 1 fully saturated rings. The molecule has 1 atom stereocenters. The normalized spacial score (nSPS) is 19.6. The summed E-state index contributed by atoms with van der Waals surface area (Å²) in [4.78, 5) is 13.3. The van der Waals surface area contributed by atoms with E-state index in [1.807, 2.05) is 0 Å². The third-order valence-electron chi connectivity index (χ3n) is 3.76. The van der Waals surface area contributed by atoms with Crippen molar-refractivity contribution in [1.82, 2.24) is 4.90 Å². The maximum atomic E-state index is 12.7. The molecule has 0 saturated carbocycles. The molecule has 2 nitrogen and oxygen atoms in total. The minimum atomic E-state index is -4.32. The molecule has 1 heterocycles. The van der Waals surface area contributed by atoms with Crippen molar-refractivity contribution in [3.8, 4) is 0 Å². The van der Waals surface area contributed by atoms with Gasteiger partial charge in [0.05, 0.1) is 5.56 Å². The molecule has 1 amide bonds. The highest BCUT2D eigenvalue weighted by atomic mass is 35.5. The third-order valence-corrected chi connectivity index (χ3v) is 3.99. The molecule has 1 saturated heterocycles. The standard InChI is InChI=1S/C15H17ClF3NO/c16-9-14(21)20-6-2-4-12(10-20)7-11-3-1-5-13(8-11)15(17,18)19/h1,3,5,8,12H,2,4,6-7,9-10H2/t12-/m0/s1. The number of alkyl halides is 4. The zero-order chi connectivity index (χ0) is 15.5. The van der Waals surface area contributed by atoms with E-state index < -0.39 is 11.7 Å². The van der Waals surface area contributed by atoms with E-state index >= 15 is 0 Å². The Morgan fingerprint density at radius 3 is 2.81 bits per heavy atom. The fraction of sp³-hybridized carbons (Fsp3) is 0.533. The Morgan fingerprint density at radius 1 is 1.38 bits per heavy atom. The molecule has 1 aromatic rings. The molecule has 0 aliphatic carbocycles. The Bertz CT molecular complexity index is 504. The van der Waals surface area contributed by atoms with Gasteiger partial charge in [-0.1, -0.05) is 18.2 Å². The topological polar surface area (TPSA) is 20.3 Å². The molecular formula is C15H17ClF3NO. The largest absolute Gasteiger partial charge is 0.416 e. The highest BCUT2D eigenvalue weighted by Gasteiger charge is 2.30. The van der Waals surface area contributed by atoms with Crippen molar-refractivity contribution < 1.29 is 18.0 Å². The van der Waals surface area contributed by atoms with E-state index in [1.165, 1.54) is 12.1 Å². The molecule has 1 aromatic carbocycles. The van der Waals surface area contributed by atoms with Gasteiger partial charge in [-0.2, -0.15) is 13.2 Å². The molecule has 0 N–H and O–H groups in total. The lowest BCUT2D eigenvalue weighted by Gasteiger charge is -2.32. The molecule has 0 spiro atoms. The first-order valence-electron chi connectivity index (χ1n) is 6.90. The van der Waals surface area contributed by atoms with Crippen LogP contribution in [0.3, 0.4) is 0 Å². The van der Waals surface area contributed by atoms with Crippen LogP contribution < -0.4 is 0 Å². The van der Waals surface area contributed by atoms with Crippen LogP contribution in [0.5, 0.6) is 0 Å². The number of carbonyl (C=O) groups excluding carboxylic acids is 1. The number of carbonyl (C=O) groups is 1. The van der Waals surface area contributed by atoms with Crippen molar-refractivity contribution in [3.63, 3.8) is 0 Å². The highest BCUT2D eigenvalue weighted by molar-refractivity contribution is 6.27. The first-order valence-corrected chi connectivity index (χ1v) is 7.43. The van der Waals surface area contributed by atoms with E-state index in [9.17, 15) is 18.0 Å². The summed E-state index contributed by atoms with van der Waals surface area (Å²) < 4.78 is 38.1. The van der Waals surface area contributed by atoms with Crippen LogP contribution in [0.15, 0.2) is 24.3 Å². The zero-order valence-electron chi connectivity index (χ0n) is 11.5. The lowest BCUT2D eigenvalue weighted by Crippen LogP contribution is -2.41. The molecule has 0 bridgehead atoms. The Labute approximate surface area is 126 Å². The van der Waals surface area contributed by atoms with Crippen LogP contribution in [0.4, 0.5) is 13.2 Å². The minimum Gasteiger partial charge on any atom is -0.341 e. The van der Waals surface area contributed by atoms with Crippen LogP contribution in [0.1, 0.15) is 24.0 Å². The van der Waals surface area contributed by atoms with Crippen molar-refractivity contribution in [2.75, 3.05) is 19.0 Å². The number of likely N-dealkylation sites (tertiary alicyclic amines) is 1. The van der Waals surface area contributed by atoms with Gasteiger partial charge < -0.3 is 4.90 Å². The molecule has 0 unspecified atom stereocenters. The minimum absolute atomic E-state index is 0.0454. The summed E-state index contributed by atoms with van der Waals surface area (Å²) in [6.07, 6.45) is -1.98. The number of piperidine rings is 1. The van der Waals surface area contributed by atoms with Gasteiger partial charge in [-0.15, -0.1) is 11.6 Å². The van der Waals surface area contributed by atoms with Gasteiger partial charge in [0.15, 0.2) is 0 Å². The molecule has 2 rings (SSSR count). The summed E-state index contributed by atoms with van der Waals surface area (Å²) in [7, 11) is 0. The van der Waals surface area contributed by atoms with Crippen molar-refractivity contribution in [2.24, 2.45) is 5.92 Å². The fourth-order valence-corrected chi connectivity index (χ4v) is 2.92. The predicted octanol–water partition coefficient (Wildman–Crippen LogP) is 3.73. The highest BCUT2D eigenvalue weighted by Crippen LogP contribution is 2.30. The molecular weight excluding hydrogens is 303 g/mol. The van der Waals surface area contributed by atoms with Crippen LogP contribution in [0.2, 0.25) is 0 Å². The van der Waals surface area contributed by atoms with Crippen molar-refractivity contribution >= 4 is 17.5 Å². The number of amides is 1. The number of hydrogen-bond acceptors (Lipinski definition) is 1. The first kappa shape index (κ1) is 16.1. The van der Waals surface area contributed by atoms with Gasteiger partial charge in [0, 0.05) is 13.1 Å². The Kier molecular flexibility index (Phi) is 5.14. The van der Waals surface area contributed by atoms with Crippen LogP contribution >= 0.6 is 11.6 Å². The summed E-state index contributed by atoms with van der Waals surface area (Å²) >= 11 is 5.55. The van der Waals surface area contributed by atoms with E-state index in [0.29, 0.717) is 25.1 Å². The summed E-state index contributed by atoms with van der Waals surface area (Å²) in [5, 5.41) is 0. The number of nitrogens with zero attached hydrogens (tertiary/aromatic N) is 1. The molecule has 21 heavy (non-hydrogen) atoms. The maximum Gasteiger partial charge on any atom is 0.416 e. The van der Waals surface area contributed by atoms with Gasteiger partial charge in [0.25, 0.3) is 0 Å². The van der Waals surface area contributed by atoms with Gasteiger partial charge in [0.1, 0.15) is 5.88 Å². The zero-order valence-corrected chi connectivity index (χ0v) is 12.3. The van der Waals surface area contributed by atoms with Crippen LogP contribution in [0, 0.1) is 5.92 Å². The molecule has 0 aromatic heterocycles. The van der Waals surface area contributed by atoms with Crippen molar-refractivity contribution in [1.29, 1.82) is 0 Å². The van der Waals surface area contributed by atoms with E-state index in [-0.39, 0.29) is 17.7 Å². The summed E-state index contributed by atoms with van der Waals surface area (Å²) in [6, 6.07) is 5.41. The molecule has 1 aliphatic heterocycles. The lowest BCUT2D eigenvalue weighted by atomic mass is 9.90. The molecule has 1 aliphatic rings. The van der Waals surface area contributed by atoms with E-state index in [1.54, 1.807) is 11.0 Å². The average molecular weight is 320 g/mol. The summed E-state index contributed by atoms with van der Waals surface area (Å²) in [6.45, 7) is 1.26. The van der Waals surface area contributed by atoms with E-state index in [2.05, 4.69) is 0 Å². The van der Waals surface area contributed by atoms with Crippen molar-refractivity contribution in [2.45, 2.75) is 25.4 Å². The fourth-order valence-electron chi connectivity index (χ4n) is 2.75. The smallest absolute Gasteiger partial charge is 0.341 e. The number of hydrogen-bond donors (Lipinski definition) is 0. The SMILES string of the molecule is O=C(CCl)N1CCC[C@@H](Cc2cccc(C(F)(F)F)c2)C1. The monoisotopic (exact) mass is 319 g/mol. The van der Waals surface area contributed by atoms with Gasteiger partial charge in [0.2, 0.25) is 5.91 Å². The average Bonchev–Trinajstić information content (AvgIpc) is 2.46. The van der Waals surface area contributed by atoms with Gasteiger partial charge >= 0.3 is 6.18 Å². The quantitative estimate of drug-likeness (QED) is 0.777. The molecule has 116 valence electrons. The first-order chi connectivity index (χ1) is 9.90. The van der Waals surface area contributed by atoms with E-state index in [0.717, 1.165) is 18.9 Å². The van der Waals surface area contributed by atoms with Crippen LogP contribution in [-0.2, 0) is 17.4 Å². The second-order valence-corrected chi connectivity index (χ2v) is 5.65. The second kappa shape index (κ2) is 6.69. The Hall–Kier alpha value is -1.23. The second-order valence-electron chi connectivity index (χ2n) is 5.38. The number of benzene rings is 1. The van der Waals surface area contributed by atoms with Crippen molar-refractivity contribution in [3.05, 3.63) is 35.4 Å². The molecule has 6 heteroatoms. The van der Waals surface area contributed by atoms with Gasteiger partial charge in [-0.05, 0) is 36.8 Å². The molecule has 0 radical (unpaired) electrons. The van der Waals surface area contributed by atoms with Crippen LogP contribution in [0.25, 0.3) is 0 Å². The van der Waals surface area contributed by atoms with E-state index in [4.69, 9.17) is 11.6 Å². The maximum absolute atomic E-state index is 12.7. The van der Waals surface area contributed by atoms with Gasteiger partial charge in [-0.3, -0.25) is 4.79 Å². The Balaban J connectivity index is 2.03. The third kappa shape index (κ3) is 4.37.